The highest BCUT2D eigenvalue weighted by Crippen LogP contribution is 2.19. The number of carbonyl (C=O) groups is 1. The van der Waals surface area contributed by atoms with Crippen LogP contribution in [0.2, 0.25) is 0 Å². The molecule has 1 aliphatic heterocycles. The van der Waals surface area contributed by atoms with Crippen LogP contribution >= 0.6 is 0 Å². The number of piperazine rings is 1. The van der Waals surface area contributed by atoms with E-state index in [0.29, 0.717) is 32.2 Å². The summed E-state index contributed by atoms with van der Waals surface area (Å²) in [5, 5.41) is 0. The van der Waals surface area contributed by atoms with E-state index in [4.69, 9.17) is 14.5 Å². The lowest BCUT2D eigenvalue weighted by molar-refractivity contribution is -0.159. The van der Waals surface area contributed by atoms with Crippen molar-refractivity contribution < 1.29 is 14.3 Å². The molecule has 1 aromatic heterocycles. The van der Waals surface area contributed by atoms with Crippen molar-refractivity contribution in [2.75, 3.05) is 44.3 Å². The van der Waals surface area contributed by atoms with Gasteiger partial charge in [0.25, 0.3) is 0 Å². The number of anilines is 1. The number of ether oxygens (including phenoxy) is 2. The molecule has 2 rings (SSSR count). The fraction of sp³-hybridized carbons (Fsp3) is 0.737. The predicted octanol–water partition coefficient (Wildman–Crippen LogP) is 2.35. The molecular weight excluding hydrogens is 332 g/mol. The van der Waals surface area contributed by atoms with E-state index in [2.05, 4.69) is 23.7 Å². The average molecular weight is 364 g/mol. The molecule has 0 radical (unpaired) electrons. The zero-order valence-electron chi connectivity index (χ0n) is 16.7. The van der Waals surface area contributed by atoms with Crippen LogP contribution in [-0.2, 0) is 14.3 Å². The second kappa shape index (κ2) is 9.83. The first-order valence-electron chi connectivity index (χ1n) is 9.56. The van der Waals surface area contributed by atoms with E-state index in [1.54, 1.807) is 0 Å². The maximum absolute atomic E-state index is 12.5. The van der Waals surface area contributed by atoms with Crippen LogP contribution < -0.4 is 4.90 Å². The minimum atomic E-state index is -0.450. The van der Waals surface area contributed by atoms with Crippen molar-refractivity contribution in [3.05, 3.63) is 17.6 Å². The number of aryl methyl sites for hydroxylation is 1. The van der Waals surface area contributed by atoms with Gasteiger partial charge in [0, 0.05) is 57.1 Å². The molecule has 146 valence electrons. The lowest BCUT2D eigenvalue weighted by atomic mass is 10.2. The van der Waals surface area contributed by atoms with E-state index >= 15 is 0 Å². The van der Waals surface area contributed by atoms with Gasteiger partial charge in [-0.2, -0.15) is 0 Å². The molecule has 2 heterocycles. The normalized spacial score (nSPS) is 15.2. The van der Waals surface area contributed by atoms with E-state index in [1.807, 2.05) is 31.7 Å². The Bertz CT molecular complexity index is 580. The van der Waals surface area contributed by atoms with Crippen LogP contribution in [0.5, 0.6) is 0 Å². The Morgan fingerprint density at radius 1 is 1.12 bits per heavy atom. The first-order chi connectivity index (χ1) is 12.4. The summed E-state index contributed by atoms with van der Waals surface area (Å²) in [4.78, 5) is 25.8. The van der Waals surface area contributed by atoms with Crippen molar-refractivity contribution in [3.63, 3.8) is 0 Å². The summed E-state index contributed by atoms with van der Waals surface area (Å²) < 4.78 is 11.0. The SMILES string of the molecule is CCOC(CC(=O)N1CCN(c2cc(C)nc(C(C)C)n2)CC1)OCC. The number of nitrogens with zero attached hydrogens (tertiary/aromatic N) is 4. The molecule has 1 aliphatic rings. The monoisotopic (exact) mass is 364 g/mol. The van der Waals surface area contributed by atoms with Gasteiger partial charge >= 0.3 is 0 Å². The van der Waals surface area contributed by atoms with Gasteiger partial charge in [-0.15, -0.1) is 0 Å². The number of rotatable bonds is 8. The second-order valence-corrected chi connectivity index (χ2v) is 6.79. The molecule has 0 spiro atoms. The minimum absolute atomic E-state index is 0.0817. The molecule has 1 amide bonds. The second-order valence-electron chi connectivity index (χ2n) is 6.79. The van der Waals surface area contributed by atoms with Crippen LogP contribution in [-0.4, -0.2) is 66.5 Å². The van der Waals surface area contributed by atoms with E-state index in [0.717, 1.165) is 30.4 Å². The highest BCUT2D eigenvalue weighted by molar-refractivity contribution is 5.76. The van der Waals surface area contributed by atoms with Crippen molar-refractivity contribution in [2.45, 2.75) is 53.2 Å². The third kappa shape index (κ3) is 5.64. The molecule has 0 bridgehead atoms. The zero-order chi connectivity index (χ0) is 19.1. The fourth-order valence-electron chi connectivity index (χ4n) is 2.99. The molecule has 0 N–H and O–H groups in total. The van der Waals surface area contributed by atoms with Gasteiger partial charge in [-0.1, -0.05) is 13.8 Å². The van der Waals surface area contributed by atoms with Gasteiger partial charge in [0.05, 0.1) is 6.42 Å². The topological polar surface area (TPSA) is 67.8 Å². The van der Waals surface area contributed by atoms with Crippen molar-refractivity contribution in [1.29, 1.82) is 0 Å². The first-order valence-corrected chi connectivity index (χ1v) is 9.56. The van der Waals surface area contributed by atoms with Crippen molar-refractivity contribution in [1.82, 2.24) is 14.9 Å². The van der Waals surface area contributed by atoms with Crippen LogP contribution in [0.4, 0.5) is 5.82 Å². The van der Waals surface area contributed by atoms with Gasteiger partial charge in [-0.3, -0.25) is 4.79 Å². The Kier molecular flexibility index (Phi) is 7.78. The Hall–Kier alpha value is -1.73. The van der Waals surface area contributed by atoms with Crippen LogP contribution in [0, 0.1) is 6.92 Å². The number of hydrogen-bond acceptors (Lipinski definition) is 6. The highest BCUT2D eigenvalue weighted by Gasteiger charge is 2.25. The maximum Gasteiger partial charge on any atom is 0.227 e. The molecule has 7 heteroatoms. The molecule has 0 saturated carbocycles. The van der Waals surface area contributed by atoms with Crippen molar-refractivity contribution >= 4 is 11.7 Å². The third-order valence-corrected chi connectivity index (χ3v) is 4.38. The van der Waals surface area contributed by atoms with E-state index in [1.165, 1.54) is 0 Å². The Morgan fingerprint density at radius 2 is 1.73 bits per heavy atom. The zero-order valence-corrected chi connectivity index (χ0v) is 16.7. The summed E-state index contributed by atoms with van der Waals surface area (Å²) in [6.45, 7) is 14.0. The van der Waals surface area contributed by atoms with Crippen LogP contribution in [0.1, 0.15) is 51.6 Å². The summed E-state index contributed by atoms with van der Waals surface area (Å²) in [6.07, 6.45) is -0.181. The third-order valence-electron chi connectivity index (χ3n) is 4.38. The molecule has 0 unspecified atom stereocenters. The van der Waals surface area contributed by atoms with E-state index < -0.39 is 6.29 Å². The summed E-state index contributed by atoms with van der Waals surface area (Å²) in [7, 11) is 0. The summed E-state index contributed by atoms with van der Waals surface area (Å²) >= 11 is 0. The van der Waals surface area contributed by atoms with Crippen molar-refractivity contribution in [3.8, 4) is 0 Å². The standard InChI is InChI=1S/C19H32N4O3/c1-6-25-18(26-7-2)13-17(24)23-10-8-22(9-11-23)16-12-15(5)20-19(21-16)14(3)4/h12,14,18H,6-11,13H2,1-5H3. The number of hydrogen-bond donors (Lipinski definition) is 0. The molecule has 1 fully saturated rings. The first kappa shape index (κ1) is 20.6. The van der Waals surface area contributed by atoms with E-state index in [-0.39, 0.29) is 12.3 Å². The lowest BCUT2D eigenvalue weighted by Crippen LogP contribution is -2.49. The Balaban J connectivity index is 1.93. The van der Waals surface area contributed by atoms with Gasteiger partial charge in [-0.05, 0) is 20.8 Å². The number of carbonyl (C=O) groups excluding carboxylic acids is 1. The van der Waals surface area contributed by atoms with Gasteiger partial charge in [0.1, 0.15) is 11.6 Å². The molecule has 0 aromatic carbocycles. The van der Waals surface area contributed by atoms with Crippen LogP contribution in [0.3, 0.4) is 0 Å². The van der Waals surface area contributed by atoms with E-state index in [9.17, 15) is 4.79 Å². The fourth-order valence-corrected chi connectivity index (χ4v) is 2.99. The van der Waals surface area contributed by atoms with Gasteiger partial charge < -0.3 is 19.3 Å². The smallest absolute Gasteiger partial charge is 0.227 e. The summed E-state index contributed by atoms with van der Waals surface area (Å²) in [5.41, 5.74) is 0.980. The molecular formula is C19H32N4O3. The molecule has 0 atom stereocenters. The molecule has 1 aromatic rings. The molecule has 26 heavy (non-hydrogen) atoms. The molecule has 7 nitrogen and oxygen atoms in total. The van der Waals surface area contributed by atoms with Gasteiger partial charge in [0.15, 0.2) is 6.29 Å². The average Bonchev–Trinajstić information content (AvgIpc) is 2.61. The Labute approximate surface area is 156 Å². The molecule has 0 aliphatic carbocycles. The maximum atomic E-state index is 12.5. The van der Waals surface area contributed by atoms with Crippen molar-refractivity contribution in [2.24, 2.45) is 0 Å². The quantitative estimate of drug-likeness (QED) is 0.660. The number of aromatic nitrogens is 2. The summed E-state index contributed by atoms with van der Waals surface area (Å²) in [6, 6.07) is 2.02. The highest BCUT2D eigenvalue weighted by atomic mass is 16.7. The lowest BCUT2D eigenvalue weighted by Gasteiger charge is -2.36. The van der Waals surface area contributed by atoms with Crippen LogP contribution in [0.25, 0.3) is 0 Å². The van der Waals surface area contributed by atoms with Gasteiger partial charge in [-0.25, -0.2) is 9.97 Å². The number of amides is 1. The van der Waals surface area contributed by atoms with Crippen LogP contribution in [0.15, 0.2) is 6.07 Å². The molecule has 1 saturated heterocycles. The summed E-state index contributed by atoms with van der Waals surface area (Å²) in [5.74, 6) is 2.20. The van der Waals surface area contributed by atoms with Gasteiger partial charge in [0.2, 0.25) is 5.91 Å². The Morgan fingerprint density at radius 3 is 2.27 bits per heavy atom. The predicted molar refractivity (Wildman–Crippen MR) is 101 cm³/mol. The largest absolute Gasteiger partial charge is 0.353 e. The minimum Gasteiger partial charge on any atom is -0.353 e.